The lowest BCUT2D eigenvalue weighted by atomic mass is 9.98. The molecule has 2 fully saturated rings. The lowest BCUT2D eigenvalue weighted by Gasteiger charge is -2.32. The Kier molecular flexibility index (Phi) is 3.71. The van der Waals surface area contributed by atoms with Crippen LogP contribution in [0.3, 0.4) is 0 Å². The number of rotatable bonds is 2. The molecule has 1 nitrogen and oxygen atoms in total. The molecule has 0 amide bonds. The zero-order valence-electron chi connectivity index (χ0n) is 10.7. The fraction of sp³-hybridized carbons (Fsp3) is 1.00. The molecule has 3 atom stereocenters. The zero-order chi connectivity index (χ0) is 10.8. The van der Waals surface area contributed by atoms with Crippen molar-refractivity contribution in [1.82, 2.24) is 4.90 Å². The van der Waals surface area contributed by atoms with Crippen molar-refractivity contribution in [2.45, 2.75) is 46.5 Å². The van der Waals surface area contributed by atoms with E-state index in [0.29, 0.717) is 0 Å². The molecule has 2 rings (SSSR count). The summed E-state index contributed by atoms with van der Waals surface area (Å²) < 4.78 is 0. The van der Waals surface area contributed by atoms with E-state index < -0.39 is 0 Å². The molecule has 88 valence electrons. The first-order valence-electron chi connectivity index (χ1n) is 6.87. The molecular formula is C14H27N. The van der Waals surface area contributed by atoms with Crippen molar-refractivity contribution in [3.8, 4) is 0 Å². The Bertz CT molecular complexity index is 189. The maximum atomic E-state index is 2.73. The van der Waals surface area contributed by atoms with E-state index in [1.165, 1.54) is 45.3 Å². The van der Waals surface area contributed by atoms with E-state index >= 15 is 0 Å². The van der Waals surface area contributed by atoms with Gasteiger partial charge in [0.2, 0.25) is 0 Å². The normalized spacial score (nSPS) is 43.4. The average Bonchev–Trinajstić information content (AvgIpc) is 2.45. The SMILES string of the molecule is CC1CCCN(CC2CC(C)C(C)C2)C1. The molecule has 2 aliphatic rings. The predicted octanol–water partition coefficient (Wildman–Crippen LogP) is 3.40. The number of hydrogen-bond donors (Lipinski definition) is 0. The topological polar surface area (TPSA) is 3.24 Å². The second kappa shape index (κ2) is 4.86. The van der Waals surface area contributed by atoms with Gasteiger partial charge in [0.15, 0.2) is 0 Å². The minimum absolute atomic E-state index is 0.940. The van der Waals surface area contributed by atoms with E-state index in [1.807, 2.05) is 0 Å². The summed E-state index contributed by atoms with van der Waals surface area (Å²) in [4.78, 5) is 2.73. The number of piperidine rings is 1. The molecule has 0 spiro atoms. The van der Waals surface area contributed by atoms with Crippen molar-refractivity contribution in [3.05, 3.63) is 0 Å². The van der Waals surface area contributed by atoms with Crippen LogP contribution in [-0.2, 0) is 0 Å². The van der Waals surface area contributed by atoms with Gasteiger partial charge in [-0.1, -0.05) is 20.8 Å². The first-order valence-corrected chi connectivity index (χ1v) is 6.87. The molecule has 1 aliphatic carbocycles. The molecule has 1 aliphatic heterocycles. The van der Waals surface area contributed by atoms with Crippen molar-refractivity contribution in [3.63, 3.8) is 0 Å². The Morgan fingerprint density at radius 2 is 1.73 bits per heavy atom. The van der Waals surface area contributed by atoms with Crippen molar-refractivity contribution in [1.29, 1.82) is 0 Å². The van der Waals surface area contributed by atoms with Gasteiger partial charge in [-0.15, -0.1) is 0 Å². The van der Waals surface area contributed by atoms with E-state index in [4.69, 9.17) is 0 Å². The summed E-state index contributed by atoms with van der Waals surface area (Å²) in [5.41, 5.74) is 0. The van der Waals surface area contributed by atoms with E-state index in [-0.39, 0.29) is 0 Å². The Labute approximate surface area is 95.2 Å². The van der Waals surface area contributed by atoms with Crippen LogP contribution >= 0.6 is 0 Å². The molecule has 1 saturated carbocycles. The van der Waals surface area contributed by atoms with Crippen molar-refractivity contribution in [2.24, 2.45) is 23.7 Å². The summed E-state index contributed by atoms with van der Waals surface area (Å²) >= 11 is 0. The first-order chi connectivity index (χ1) is 7.15. The maximum Gasteiger partial charge on any atom is 0.000997 e. The Morgan fingerprint density at radius 1 is 1.07 bits per heavy atom. The Balaban J connectivity index is 1.77. The number of likely N-dealkylation sites (tertiary alicyclic amines) is 1. The van der Waals surface area contributed by atoms with Gasteiger partial charge in [-0.2, -0.15) is 0 Å². The van der Waals surface area contributed by atoms with Crippen molar-refractivity contribution < 1.29 is 0 Å². The van der Waals surface area contributed by atoms with E-state index in [0.717, 1.165) is 23.7 Å². The lowest BCUT2D eigenvalue weighted by Crippen LogP contribution is -2.37. The Morgan fingerprint density at radius 3 is 2.33 bits per heavy atom. The average molecular weight is 209 g/mol. The second-order valence-electron chi connectivity index (χ2n) is 6.30. The monoisotopic (exact) mass is 209 g/mol. The van der Waals surface area contributed by atoms with Gasteiger partial charge in [0.25, 0.3) is 0 Å². The van der Waals surface area contributed by atoms with Crippen LogP contribution in [0.1, 0.15) is 46.5 Å². The molecular weight excluding hydrogens is 182 g/mol. The van der Waals surface area contributed by atoms with Crippen molar-refractivity contribution in [2.75, 3.05) is 19.6 Å². The summed E-state index contributed by atoms with van der Waals surface area (Å²) in [5.74, 6) is 3.88. The smallest absolute Gasteiger partial charge is 0.000997 e. The minimum atomic E-state index is 0.940. The highest BCUT2D eigenvalue weighted by molar-refractivity contribution is 4.82. The molecule has 1 heterocycles. The fourth-order valence-corrected chi connectivity index (χ4v) is 3.58. The first kappa shape index (κ1) is 11.4. The van der Waals surface area contributed by atoms with Gasteiger partial charge in [-0.25, -0.2) is 0 Å². The van der Waals surface area contributed by atoms with Gasteiger partial charge < -0.3 is 4.90 Å². The van der Waals surface area contributed by atoms with Crippen LogP contribution < -0.4 is 0 Å². The molecule has 3 unspecified atom stereocenters. The molecule has 0 N–H and O–H groups in total. The highest BCUT2D eigenvalue weighted by Crippen LogP contribution is 2.36. The predicted molar refractivity (Wildman–Crippen MR) is 65.9 cm³/mol. The van der Waals surface area contributed by atoms with E-state index in [9.17, 15) is 0 Å². The van der Waals surface area contributed by atoms with Crippen LogP contribution in [0.25, 0.3) is 0 Å². The maximum absolute atomic E-state index is 2.73. The van der Waals surface area contributed by atoms with Gasteiger partial charge >= 0.3 is 0 Å². The van der Waals surface area contributed by atoms with Gasteiger partial charge in [-0.3, -0.25) is 0 Å². The van der Waals surface area contributed by atoms with Crippen LogP contribution in [-0.4, -0.2) is 24.5 Å². The van der Waals surface area contributed by atoms with Gasteiger partial charge in [0.05, 0.1) is 0 Å². The third-order valence-electron chi connectivity index (χ3n) is 4.64. The summed E-state index contributed by atoms with van der Waals surface area (Å²) in [5, 5.41) is 0. The number of nitrogens with zero attached hydrogens (tertiary/aromatic N) is 1. The highest BCUT2D eigenvalue weighted by atomic mass is 15.1. The summed E-state index contributed by atoms with van der Waals surface area (Å²) in [6.07, 6.45) is 5.84. The van der Waals surface area contributed by atoms with Crippen molar-refractivity contribution >= 4 is 0 Å². The molecule has 1 heteroatoms. The Hall–Kier alpha value is -0.0400. The molecule has 15 heavy (non-hydrogen) atoms. The molecule has 0 aromatic heterocycles. The highest BCUT2D eigenvalue weighted by Gasteiger charge is 2.30. The third kappa shape index (κ3) is 2.96. The molecule has 0 radical (unpaired) electrons. The summed E-state index contributed by atoms with van der Waals surface area (Å²) in [6, 6.07) is 0. The van der Waals surface area contributed by atoms with Crippen LogP contribution in [0, 0.1) is 23.7 Å². The van der Waals surface area contributed by atoms with E-state index in [2.05, 4.69) is 25.7 Å². The fourth-order valence-electron chi connectivity index (χ4n) is 3.58. The van der Waals surface area contributed by atoms with Gasteiger partial charge in [0.1, 0.15) is 0 Å². The zero-order valence-corrected chi connectivity index (χ0v) is 10.7. The summed E-state index contributed by atoms with van der Waals surface area (Å²) in [6.45, 7) is 11.4. The quantitative estimate of drug-likeness (QED) is 0.674. The van der Waals surface area contributed by atoms with Crippen LogP contribution in [0.2, 0.25) is 0 Å². The molecule has 1 saturated heterocycles. The van der Waals surface area contributed by atoms with Crippen LogP contribution in [0.15, 0.2) is 0 Å². The molecule has 0 aromatic carbocycles. The van der Waals surface area contributed by atoms with Gasteiger partial charge in [-0.05, 0) is 55.9 Å². The largest absolute Gasteiger partial charge is 0.303 e. The lowest BCUT2D eigenvalue weighted by molar-refractivity contribution is 0.158. The number of hydrogen-bond acceptors (Lipinski definition) is 1. The minimum Gasteiger partial charge on any atom is -0.303 e. The summed E-state index contributed by atoms with van der Waals surface area (Å²) in [7, 11) is 0. The van der Waals surface area contributed by atoms with Gasteiger partial charge in [0, 0.05) is 13.1 Å². The molecule has 0 aromatic rings. The van der Waals surface area contributed by atoms with Crippen LogP contribution in [0.5, 0.6) is 0 Å². The van der Waals surface area contributed by atoms with Crippen LogP contribution in [0.4, 0.5) is 0 Å². The standard InChI is InChI=1S/C14H27N/c1-11-5-4-6-15(9-11)10-14-7-12(2)13(3)8-14/h11-14H,4-10H2,1-3H3. The third-order valence-corrected chi connectivity index (χ3v) is 4.64. The van der Waals surface area contributed by atoms with E-state index in [1.54, 1.807) is 0 Å². The second-order valence-corrected chi connectivity index (χ2v) is 6.30. The molecule has 0 bridgehead atoms.